The van der Waals surface area contributed by atoms with E-state index in [1.165, 1.54) is 12.8 Å². The van der Waals surface area contributed by atoms with Crippen LogP contribution in [0.15, 0.2) is 30.3 Å². The summed E-state index contributed by atoms with van der Waals surface area (Å²) in [4.78, 5) is 12.2. The highest BCUT2D eigenvalue weighted by molar-refractivity contribution is 7.80. The third kappa shape index (κ3) is 3.82. The molecule has 1 aliphatic carbocycles. The molecule has 3 rings (SSSR count). The van der Waals surface area contributed by atoms with Gasteiger partial charge in [0.15, 0.2) is 5.11 Å². The molecule has 1 amide bonds. The molecule has 1 aliphatic rings. The molecule has 0 unspecified atom stereocenters. The number of thiocarbonyl (C=S) groups is 1. The first-order valence-corrected chi connectivity index (χ1v) is 8.44. The fourth-order valence-electron chi connectivity index (χ4n) is 3.16. The number of benzene rings is 1. The Bertz CT molecular complexity index is 718. The van der Waals surface area contributed by atoms with Crippen LogP contribution in [0.25, 0.3) is 10.9 Å². The normalized spacial score (nSPS) is 14.8. The predicted molar refractivity (Wildman–Crippen MR) is 95.9 cm³/mol. The topological polar surface area (TPSA) is 58.1 Å². The number of hydrogen-bond acceptors (Lipinski definition) is 2. The number of rotatable bonds is 3. The van der Waals surface area contributed by atoms with Gasteiger partial charge in [-0.3, -0.25) is 15.6 Å². The van der Waals surface area contributed by atoms with Crippen molar-refractivity contribution in [3.8, 4) is 0 Å². The lowest BCUT2D eigenvalue weighted by Gasteiger charge is -2.16. The number of nitrogens with one attached hydrogen (secondary N) is 3. The van der Waals surface area contributed by atoms with Gasteiger partial charge in [0.1, 0.15) is 6.54 Å². The fourth-order valence-corrected chi connectivity index (χ4v) is 3.38. The highest BCUT2D eigenvalue weighted by Gasteiger charge is 2.15. The van der Waals surface area contributed by atoms with E-state index in [2.05, 4.69) is 28.3 Å². The zero-order valence-corrected chi connectivity index (χ0v) is 14.1. The van der Waals surface area contributed by atoms with Gasteiger partial charge in [-0.15, -0.1) is 0 Å². The van der Waals surface area contributed by atoms with E-state index < -0.39 is 0 Å². The Kier molecular flexibility index (Phi) is 4.81. The Morgan fingerprint density at radius 1 is 1.26 bits per heavy atom. The molecule has 1 heterocycles. The van der Waals surface area contributed by atoms with E-state index in [0.717, 1.165) is 29.4 Å². The summed E-state index contributed by atoms with van der Waals surface area (Å²) in [5.41, 5.74) is 7.59. The largest absolute Gasteiger partial charge is 0.359 e. The molecule has 5 nitrogen and oxygen atoms in total. The first-order chi connectivity index (χ1) is 11.1. The van der Waals surface area contributed by atoms with Crippen LogP contribution in [0.5, 0.6) is 0 Å². The van der Waals surface area contributed by atoms with Gasteiger partial charge < -0.3 is 9.88 Å². The lowest BCUT2D eigenvalue weighted by Crippen LogP contribution is -2.49. The molecule has 6 heteroatoms. The Morgan fingerprint density at radius 3 is 2.78 bits per heavy atom. The van der Waals surface area contributed by atoms with E-state index in [0.29, 0.717) is 11.2 Å². The van der Waals surface area contributed by atoms with Crippen LogP contribution in [-0.2, 0) is 11.3 Å². The van der Waals surface area contributed by atoms with Crippen LogP contribution in [-0.4, -0.2) is 21.6 Å². The number of nitrogens with zero attached hydrogens (tertiary/aromatic N) is 1. The second-order valence-corrected chi connectivity index (χ2v) is 6.47. The average molecular weight is 330 g/mol. The van der Waals surface area contributed by atoms with Crippen molar-refractivity contribution in [1.29, 1.82) is 0 Å². The number of carbonyl (C=O) groups is 1. The highest BCUT2D eigenvalue weighted by atomic mass is 32.1. The molecule has 2 aromatic rings. The third-order valence-corrected chi connectivity index (χ3v) is 4.55. The number of amides is 1. The number of carbonyl (C=O) groups excluding carboxylic acids is 1. The maximum absolute atomic E-state index is 12.2. The van der Waals surface area contributed by atoms with Gasteiger partial charge in [-0.1, -0.05) is 31.0 Å². The quantitative estimate of drug-likeness (QED) is 0.597. The number of fused-ring (bicyclic) bond motifs is 1. The van der Waals surface area contributed by atoms with Crippen molar-refractivity contribution in [2.45, 2.75) is 45.2 Å². The molecule has 1 fully saturated rings. The summed E-state index contributed by atoms with van der Waals surface area (Å²) < 4.78 is 2.00. The Morgan fingerprint density at radius 2 is 2.00 bits per heavy atom. The van der Waals surface area contributed by atoms with Gasteiger partial charge in [0, 0.05) is 17.3 Å². The maximum Gasteiger partial charge on any atom is 0.258 e. The highest BCUT2D eigenvalue weighted by Crippen LogP contribution is 2.19. The van der Waals surface area contributed by atoms with E-state index in [-0.39, 0.29) is 12.5 Å². The number of hydrazine groups is 1. The SMILES string of the molecule is Cc1cc2ccccc2n1CC(=O)NNC(=S)NC1CCCC1. The van der Waals surface area contributed by atoms with E-state index >= 15 is 0 Å². The van der Waals surface area contributed by atoms with Crippen molar-refractivity contribution in [2.75, 3.05) is 0 Å². The molecule has 0 spiro atoms. The van der Waals surface area contributed by atoms with Crippen LogP contribution < -0.4 is 16.2 Å². The molecule has 1 saturated carbocycles. The van der Waals surface area contributed by atoms with Crippen molar-refractivity contribution in [3.05, 3.63) is 36.0 Å². The van der Waals surface area contributed by atoms with Gasteiger partial charge in [-0.25, -0.2) is 0 Å². The van der Waals surface area contributed by atoms with E-state index in [4.69, 9.17) is 12.2 Å². The van der Waals surface area contributed by atoms with Gasteiger partial charge in [0.05, 0.1) is 0 Å². The van der Waals surface area contributed by atoms with Crippen LogP contribution in [0.2, 0.25) is 0 Å². The number of aryl methyl sites for hydroxylation is 1. The first-order valence-electron chi connectivity index (χ1n) is 8.04. The number of hydrogen-bond donors (Lipinski definition) is 3. The summed E-state index contributed by atoms with van der Waals surface area (Å²) in [5.74, 6) is -0.120. The van der Waals surface area contributed by atoms with E-state index in [1.807, 2.05) is 29.7 Å². The smallest absolute Gasteiger partial charge is 0.258 e. The molecule has 3 N–H and O–H groups in total. The standard InChI is InChI=1S/C17H22N4OS/c1-12-10-13-6-2-5-9-15(13)21(12)11-16(22)19-20-17(23)18-14-7-3-4-8-14/h2,5-6,9-10,14H,3-4,7-8,11H2,1H3,(H,19,22)(H2,18,20,23). The van der Waals surface area contributed by atoms with Crippen molar-refractivity contribution in [3.63, 3.8) is 0 Å². The van der Waals surface area contributed by atoms with E-state index in [1.54, 1.807) is 0 Å². The summed E-state index contributed by atoms with van der Waals surface area (Å²) in [6.07, 6.45) is 4.77. The van der Waals surface area contributed by atoms with Crippen molar-refractivity contribution >= 4 is 34.1 Å². The van der Waals surface area contributed by atoms with Crippen LogP contribution >= 0.6 is 12.2 Å². The summed E-state index contributed by atoms with van der Waals surface area (Å²) in [6.45, 7) is 2.27. The molecule has 0 aliphatic heterocycles. The molecule has 1 aromatic carbocycles. The monoisotopic (exact) mass is 330 g/mol. The zero-order chi connectivity index (χ0) is 16.2. The lowest BCUT2D eigenvalue weighted by atomic mass is 10.2. The molecule has 0 saturated heterocycles. The molecule has 1 aromatic heterocycles. The van der Waals surface area contributed by atoms with Gasteiger partial charge in [0.25, 0.3) is 5.91 Å². The molecular formula is C17H22N4OS. The Hall–Kier alpha value is -2.08. The predicted octanol–water partition coefficient (Wildman–Crippen LogP) is 2.39. The minimum Gasteiger partial charge on any atom is -0.359 e. The van der Waals surface area contributed by atoms with Crippen LogP contribution in [0.4, 0.5) is 0 Å². The number of para-hydroxylation sites is 1. The molecule has 23 heavy (non-hydrogen) atoms. The Balaban J connectivity index is 1.54. The second kappa shape index (κ2) is 7.00. The number of aromatic nitrogens is 1. The average Bonchev–Trinajstić information content (AvgIpc) is 3.14. The van der Waals surface area contributed by atoms with Crippen molar-refractivity contribution in [2.24, 2.45) is 0 Å². The third-order valence-electron chi connectivity index (χ3n) is 4.33. The minimum atomic E-state index is -0.120. The summed E-state index contributed by atoms with van der Waals surface area (Å²) in [6, 6.07) is 10.6. The molecule has 0 atom stereocenters. The van der Waals surface area contributed by atoms with Gasteiger partial charge in [0.2, 0.25) is 0 Å². The Labute approximate surface area is 141 Å². The second-order valence-electron chi connectivity index (χ2n) is 6.06. The minimum absolute atomic E-state index is 0.120. The molecule has 0 radical (unpaired) electrons. The van der Waals surface area contributed by atoms with Gasteiger partial charge >= 0.3 is 0 Å². The van der Waals surface area contributed by atoms with Crippen molar-refractivity contribution in [1.82, 2.24) is 20.7 Å². The van der Waals surface area contributed by atoms with Crippen LogP contribution in [0.3, 0.4) is 0 Å². The fraction of sp³-hybridized carbons (Fsp3) is 0.412. The van der Waals surface area contributed by atoms with Crippen LogP contribution in [0, 0.1) is 6.92 Å². The van der Waals surface area contributed by atoms with Crippen molar-refractivity contribution < 1.29 is 4.79 Å². The maximum atomic E-state index is 12.2. The van der Waals surface area contributed by atoms with Gasteiger partial charge in [-0.05, 0) is 49.5 Å². The molecular weight excluding hydrogens is 308 g/mol. The van der Waals surface area contributed by atoms with Crippen LogP contribution in [0.1, 0.15) is 31.4 Å². The van der Waals surface area contributed by atoms with Gasteiger partial charge in [-0.2, -0.15) is 0 Å². The molecule has 122 valence electrons. The lowest BCUT2D eigenvalue weighted by molar-refractivity contribution is -0.122. The van der Waals surface area contributed by atoms with E-state index in [9.17, 15) is 4.79 Å². The summed E-state index contributed by atoms with van der Waals surface area (Å²) in [5, 5.41) is 4.86. The first kappa shape index (κ1) is 15.8. The summed E-state index contributed by atoms with van der Waals surface area (Å²) >= 11 is 5.22. The summed E-state index contributed by atoms with van der Waals surface area (Å²) in [7, 11) is 0. The molecule has 0 bridgehead atoms. The zero-order valence-electron chi connectivity index (χ0n) is 13.3.